The minimum absolute atomic E-state index is 0.149. The van der Waals surface area contributed by atoms with Crippen molar-refractivity contribution in [3.05, 3.63) is 34.9 Å². The number of urea groups is 1. The van der Waals surface area contributed by atoms with E-state index in [2.05, 4.69) is 5.32 Å². The average Bonchev–Trinajstić information content (AvgIpc) is 2.99. The molecule has 2 saturated heterocycles. The molecule has 3 aliphatic rings. The Morgan fingerprint density at radius 3 is 2.91 bits per heavy atom. The Labute approximate surface area is 133 Å². The van der Waals surface area contributed by atoms with Gasteiger partial charge in [-0.3, -0.25) is 0 Å². The number of likely N-dealkylation sites (tertiary alicyclic amines) is 1. The maximum atomic E-state index is 13.9. The lowest BCUT2D eigenvalue weighted by Crippen LogP contribution is -2.65. The zero-order chi connectivity index (χ0) is 16.0. The molecule has 4 rings (SSSR count). The molecule has 2 atom stereocenters. The van der Waals surface area contributed by atoms with Crippen LogP contribution < -0.4 is 5.32 Å². The van der Waals surface area contributed by atoms with E-state index in [-0.39, 0.29) is 17.6 Å². The summed E-state index contributed by atoms with van der Waals surface area (Å²) in [4.78, 5) is 14.4. The van der Waals surface area contributed by atoms with Crippen LogP contribution in [0.25, 0.3) is 0 Å². The summed E-state index contributed by atoms with van der Waals surface area (Å²) in [5, 5.41) is 2.98. The van der Waals surface area contributed by atoms with E-state index in [1.165, 1.54) is 6.07 Å². The first-order valence-corrected chi connectivity index (χ1v) is 8.23. The van der Waals surface area contributed by atoms with Crippen LogP contribution >= 0.6 is 0 Å². The van der Waals surface area contributed by atoms with Crippen molar-refractivity contribution in [1.82, 2.24) is 10.2 Å². The van der Waals surface area contributed by atoms with E-state index in [0.717, 1.165) is 25.3 Å². The third-order valence-electron chi connectivity index (χ3n) is 5.49. The molecule has 1 N–H and O–H groups in total. The highest BCUT2D eigenvalue weighted by Crippen LogP contribution is 2.39. The first-order chi connectivity index (χ1) is 11.1. The summed E-state index contributed by atoms with van der Waals surface area (Å²) in [5.74, 6) is -1.10. The Balaban J connectivity index is 1.53. The molecule has 2 heterocycles. The van der Waals surface area contributed by atoms with Gasteiger partial charge in [0.05, 0.1) is 18.2 Å². The molecule has 124 valence electrons. The van der Waals surface area contributed by atoms with Crippen LogP contribution in [-0.4, -0.2) is 36.2 Å². The number of carbonyl (C=O) groups excluding carboxylic acids is 1. The molecule has 1 unspecified atom stereocenters. The van der Waals surface area contributed by atoms with Gasteiger partial charge in [-0.1, -0.05) is 0 Å². The molecular formula is C17H20F2N2O2. The number of ether oxygens (including phenoxy) is 1. The number of nitrogens with one attached hydrogen (secondary N) is 1. The van der Waals surface area contributed by atoms with Crippen molar-refractivity contribution in [3.8, 4) is 0 Å². The predicted molar refractivity (Wildman–Crippen MR) is 80.1 cm³/mol. The van der Waals surface area contributed by atoms with Crippen LogP contribution in [-0.2, 0) is 11.2 Å². The maximum Gasteiger partial charge on any atom is 0.318 e. The van der Waals surface area contributed by atoms with Gasteiger partial charge in [-0.15, -0.1) is 0 Å². The average molecular weight is 322 g/mol. The largest absolute Gasteiger partial charge is 0.379 e. The standard InChI is InChI=1S/C17H20F2N2O2/c18-11-8-13-12(14(19)9-11)2-1-3-15(13)20-16(22)21-6-4-17(21)5-7-23-10-17/h8-9,15H,1-7,10H2,(H,20,22)/t15-,17?/m1/s1. The summed E-state index contributed by atoms with van der Waals surface area (Å²) in [6.45, 7) is 1.99. The molecule has 4 nitrogen and oxygen atoms in total. The van der Waals surface area contributed by atoms with E-state index in [1.807, 2.05) is 4.90 Å². The highest BCUT2D eigenvalue weighted by molar-refractivity contribution is 5.77. The summed E-state index contributed by atoms with van der Waals surface area (Å²) in [6.07, 6.45) is 3.92. The van der Waals surface area contributed by atoms with E-state index >= 15 is 0 Å². The van der Waals surface area contributed by atoms with Crippen LogP contribution in [0.4, 0.5) is 13.6 Å². The van der Waals surface area contributed by atoms with Gasteiger partial charge < -0.3 is 15.0 Å². The predicted octanol–water partition coefficient (Wildman–Crippen LogP) is 2.92. The quantitative estimate of drug-likeness (QED) is 0.864. The third kappa shape index (κ3) is 2.40. The third-order valence-corrected chi connectivity index (χ3v) is 5.49. The van der Waals surface area contributed by atoms with E-state index < -0.39 is 11.6 Å². The van der Waals surface area contributed by atoms with E-state index in [4.69, 9.17) is 4.74 Å². The summed E-state index contributed by atoms with van der Waals surface area (Å²) in [5.41, 5.74) is 0.958. The van der Waals surface area contributed by atoms with Crippen LogP contribution in [0.3, 0.4) is 0 Å². The number of nitrogens with zero attached hydrogens (tertiary/aromatic N) is 1. The van der Waals surface area contributed by atoms with Crippen LogP contribution in [0.15, 0.2) is 12.1 Å². The Morgan fingerprint density at radius 2 is 2.22 bits per heavy atom. The number of rotatable bonds is 1. The molecule has 1 aliphatic carbocycles. The second-order valence-electron chi connectivity index (χ2n) is 6.78. The number of hydrogen-bond acceptors (Lipinski definition) is 2. The molecule has 2 aliphatic heterocycles. The highest BCUT2D eigenvalue weighted by atomic mass is 19.1. The lowest BCUT2D eigenvalue weighted by molar-refractivity contribution is 0.0129. The Kier molecular flexibility index (Phi) is 3.52. The van der Waals surface area contributed by atoms with Crippen LogP contribution in [0.1, 0.15) is 42.9 Å². The van der Waals surface area contributed by atoms with Crippen molar-refractivity contribution in [1.29, 1.82) is 0 Å². The van der Waals surface area contributed by atoms with Crippen molar-refractivity contribution in [2.75, 3.05) is 19.8 Å². The summed E-state index contributed by atoms with van der Waals surface area (Å²) in [7, 11) is 0. The minimum Gasteiger partial charge on any atom is -0.379 e. The van der Waals surface area contributed by atoms with E-state index in [9.17, 15) is 13.6 Å². The highest BCUT2D eigenvalue weighted by Gasteiger charge is 2.50. The number of benzene rings is 1. The SMILES string of the molecule is O=C(N[C@@H]1CCCc2c(F)cc(F)cc21)N1CCC12CCOC2. The van der Waals surface area contributed by atoms with Crippen molar-refractivity contribution in [2.45, 2.75) is 43.7 Å². The van der Waals surface area contributed by atoms with E-state index in [0.29, 0.717) is 43.7 Å². The minimum atomic E-state index is -0.591. The zero-order valence-electron chi connectivity index (χ0n) is 12.9. The molecule has 1 spiro atoms. The van der Waals surface area contributed by atoms with Gasteiger partial charge in [-0.25, -0.2) is 13.6 Å². The summed E-state index contributed by atoms with van der Waals surface area (Å²) in [6, 6.07) is 1.80. The molecule has 1 aromatic rings. The lowest BCUT2D eigenvalue weighted by Gasteiger charge is -2.50. The van der Waals surface area contributed by atoms with Crippen molar-refractivity contribution >= 4 is 6.03 Å². The molecule has 2 amide bonds. The van der Waals surface area contributed by atoms with Gasteiger partial charge in [-0.2, -0.15) is 0 Å². The lowest BCUT2D eigenvalue weighted by atomic mass is 9.84. The second-order valence-corrected chi connectivity index (χ2v) is 6.78. The van der Waals surface area contributed by atoms with Crippen molar-refractivity contribution in [3.63, 3.8) is 0 Å². The molecule has 0 aromatic heterocycles. The Bertz CT molecular complexity index is 644. The van der Waals surface area contributed by atoms with Crippen molar-refractivity contribution in [2.24, 2.45) is 0 Å². The number of amides is 2. The fraction of sp³-hybridized carbons (Fsp3) is 0.588. The van der Waals surface area contributed by atoms with Gasteiger partial charge in [0.15, 0.2) is 0 Å². The van der Waals surface area contributed by atoms with Gasteiger partial charge in [0.1, 0.15) is 11.6 Å². The van der Waals surface area contributed by atoms with Crippen LogP contribution in [0.5, 0.6) is 0 Å². The molecule has 0 saturated carbocycles. The molecule has 6 heteroatoms. The van der Waals surface area contributed by atoms with Gasteiger partial charge >= 0.3 is 6.03 Å². The summed E-state index contributed by atoms with van der Waals surface area (Å²) < 4.78 is 32.9. The first-order valence-electron chi connectivity index (χ1n) is 8.23. The summed E-state index contributed by atoms with van der Waals surface area (Å²) >= 11 is 0. The molecule has 2 fully saturated rings. The topological polar surface area (TPSA) is 41.6 Å². The van der Waals surface area contributed by atoms with Crippen LogP contribution in [0, 0.1) is 11.6 Å². The monoisotopic (exact) mass is 322 g/mol. The van der Waals surface area contributed by atoms with Gasteiger partial charge in [0.2, 0.25) is 0 Å². The number of carbonyl (C=O) groups is 1. The van der Waals surface area contributed by atoms with E-state index in [1.54, 1.807) is 0 Å². The first kappa shape index (κ1) is 14.9. The zero-order valence-corrected chi connectivity index (χ0v) is 12.9. The molecular weight excluding hydrogens is 302 g/mol. The van der Waals surface area contributed by atoms with Crippen molar-refractivity contribution < 1.29 is 18.3 Å². The Morgan fingerprint density at radius 1 is 1.35 bits per heavy atom. The van der Waals surface area contributed by atoms with Gasteiger partial charge in [0.25, 0.3) is 0 Å². The van der Waals surface area contributed by atoms with Crippen LogP contribution in [0.2, 0.25) is 0 Å². The molecule has 1 aromatic carbocycles. The number of fused-ring (bicyclic) bond motifs is 1. The fourth-order valence-corrected chi connectivity index (χ4v) is 4.08. The molecule has 23 heavy (non-hydrogen) atoms. The van der Waals surface area contributed by atoms with Gasteiger partial charge in [0, 0.05) is 19.2 Å². The fourth-order valence-electron chi connectivity index (χ4n) is 4.08. The molecule has 0 bridgehead atoms. The number of halogens is 2. The maximum absolute atomic E-state index is 13.9. The second kappa shape index (κ2) is 5.44. The smallest absolute Gasteiger partial charge is 0.318 e. The Hall–Kier alpha value is -1.69. The van der Waals surface area contributed by atoms with Gasteiger partial charge in [-0.05, 0) is 49.3 Å². The normalized spacial score (nSPS) is 29.3. The number of hydrogen-bond donors (Lipinski definition) is 1. The molecule has 0 radical (unpaired) electrons.